The van der Waals surface area contributed by atoms with Crippen molar-refractivity contribution in [1.82, 2.24) is 5.32 Å². The van der Waals surface area contributed by atoms with E-state index in [1.54, 1.807) is 17.8 Å². The summed E-state index contributed by atoms with van der Waals surface area (Å²) in [4.78, 5) is 1.16. The highest BCUT2D eigenvalue weighted by Crippen LogP contribution is 2.32. The molecular weight excluding hydrogens is 405 g/mol. The zero-order valence-corrected chi connectivity index (χ0v) is 14.9. The predicted octanol–water partition coefficient (Wildman–Crippen LogP) is 5.40. The van der Waals surface area contributed by atoms with Gasteiger partial charge in [-0.25, -0.2) is 4.39 Å². The van der Waals surface area contributed by atoms with Gasteiger partial charge < -0.3 is 5.32 Å². The van der Waals surface area contributed by atoms with Crippen LogP contribution in [0.15, 0.2) is 56.3 Å². The van der Waals surface area contributed by atoms with Gasteiger partial charge >= 0.3 is 0 Å². The first-order chi connectivity index (χ1) is 9.63. The molecule has 1 atom stereocenters. The first-order valence-electron chi connectivity index (χ1n) is 6.12. The Labute approximate surface area is 139 Å². The largest absolute Gasteiger partial charge is 0.312 e. The number of hydrogen-bond acceptors (Lipinski definition) is 2. The Morgan fingerprint density at radius 1 is 1.10 bits per heavy atom. The van der Waals surface area contributed by atoms with E-state index in [4.69, 9.17) is 0 Å². The van der Waals surface area contributed by atoms with Crippen LogP contribution >= 0.6 is 43.6 Å². The maximum absolute atomic E-state index is 14.1. The van der Waals surface area contributed by atoms with Crippen molar-refractivity contribution in [1.29, 1.82) is 0 Å². The molecule has 106 valence electrons. The van der Waals surface area contributed by atoms with Gasteiger partial charge in [0.2, 0.25) is 0 Å². The smallest absolute Gasteiger partial charge is 0.142 e. The van der Waals surface area contributed by atoms with E-state index >= 15 is 0 Å². The molecule has 0 bridgehead atoms. The van der Waals surface area contributed by atoms with E-state index < -0.39 is 0 Å². The molecule has 5 heteroatoms. The van der Waals surface area contributed by atoms with E-state index in [-0.39, 0.29) is 11.9 Å². The Balaban J connectivity index is 2.14. The fourth-order valence-corrected chi connectivity index (χ4v) is 3.94. The number of rotatable bonds is 5. The molecule has 0 radical (unpaired) electrons. The van der Waals surface area contributed by atoms with E-state index in [0.29, 0.717) is 10.0 Å². The van der Waals surface area contributed by atoms with Crippen LogP contribution in [0.4, 0.5) is 4.39 Å². The van der Waals surface area contributed by atoms with Gasteiger partial charge in [-0.05, 0) is 57.1 Å². The van der Waals surface area contributed by atoms with Crippen molar-refractivity contribution in [3.63, 3.8) is 0 Å². The molecule has 20 heavy (non-hydrogen) atoms. The van der Waals surface area contributed by atoms with Crippen LogP contribution in [0.1, 0.15) is 11.6 Å². The average Bonchev–Trinajstić information content (AvgIpc) is 2.45. The highest BCUT2D eigenvalue weighted by molar-refractivity contribution is 9.10. The number of hydrogen-bond donors (Lipinski definition) is 1. The summed E-state index contributed by atoms with van der Waals surface area (Å²) in [5, 5.41) is 3.18. The third-order valence-corrected chi connectivity index (χ3v) is 5.68. The second kappa shape index (κ2) is 7.59. The number of halogens is 3. The van der Waals surface area contributed by atoms with E-state index in [9.17, 15) is 4.39 Å². The lowest BCUT2D eigenvalue weighted by Crippen LogP contribution is -2.20. The molecular formula is C15H14Br2FNS. The number of nitrogens with one attached hydrogen (secondary N) is 1. The van der Waals surface area contributed by atoms with Crippen LogP contribution in [0.2, 0.25) is 0 Å². The van der Waals surface area contributed by atoms with Crippen molar-refractivity contribution in [3.8, 4) is 0 Å². The second-order valence-corrected chi connectivity index (χ2v) is 7.00. The molecule has 1 nitrogen and oxygen atoms in total. The number of benzene rings is 2. The Kier molecular flexibility index (Phi) is 6.08. The van der Waals surface area contributed by atoms with Gasteiger partial charge in [0.25, 0.3) is 0 Å². The lowest BCUT2D eigenvalue weighted by molar-refractivity contribution is 0.561. The SMILES string of the molecule is CNC(CSc1ccccc1Br)c1cccc(Br)c1F. The molecule has 1 N–H and O–H groups in total. The van der Waals surface area contributed by atoms with Gasteiger partial charge in [-0.15, -0.1) is 11.8 Å². The fourth-order valence-electron chi connectivity index (χ4n) is 1.85. The second-order valence-electron chi connectivity index (χ2n) is 4.23. The van der Waals surface area contributed by atoms with Crippen molar-refractivity contribution in [2.24, 2.45) is 0 Å². The van der Waals surface area contributed by atoms with Crippen LogP contribution in [0, 0.1) is 5.82 Å². The minimum absolute atomic E-state index is 0.0374. The van der Waals surface area contributed by atoms with Crippen LogP contribution in [-0.4, -0.2) is 12.8 Å². The number of thioether (sulfide) groups is 1. The van der Waals surface area contributed by atoms with E-state index in [1.807, 2.05) is 37.4 Å². The third kappa shape index (κ3) is 3.85. The van der Waals surface area contributed by atoms with E-state index in [0.717, 1.165) is 15.1 Å². The Bertz CT molecular complexity index is 592. The van der Waals surface area contributed by atoms with Gasteiger partial charge in [-0.2, -0.15) is 0 Å². The topological polar surface area (TPSA) is 12.0 Å². The zero-order chi connectivity index (χ0) is 14.5. The molecule has 0 aliphatic heterocycles. The molecule has 0 aliphatic rings. The molecule has 0 spiro atoms. The van der Waals surface area contributed by atoms with E-state index in [2.05, 4.69) is 43.2 Å². The van der Waals surface area contributed by atoms with Gasteiger partial charge in [0.1, 0.15) is 5.82 Å². The molecule has 0 fully saturated rings. The van der Waals surface area contributed by atoms with Crippen molar-refractivity contribution < 1.29 is 4.39 Å². The highest BCUT2D eigenvalue weighted by Gasteiger charge is 2.16. The Morgan fingerprint density at radius 2 is 1.80 bits per heavy atom. The normalized spacial score (nSPS) is 12.4. The molecule has 2 aromatic rings. The molecule has 2 aromatic carbocycles. The maximum Gasteiger partial charge on any atom is 0.142 e. The molecule has 2 rings (SSSR count). The van der Waals surface area contributed by atoms with Crippen molar-refractivity contribution in [3.05, 3.63) is 62.8 Å². The van der Waals surface area contributed by atoms with Gasteiger partial charge in [0.15, 0.2) is 0 Å². The molecule has 0 aromatic heterocycles. The molecule has 0 heterocycles. The summed E-state index contributed by atoms with van der Waals surface area (Å²) in [6, 6.07) is 13.4. The summed E-state index contributed by atoms with van der Waals surface area (Å²) in [5.74, 6) is 0.562. The Morgan fingerprint density at radius 3 is 2.50 bits per heavy atom. The minimum atomic E-state index is -0.195. The van der Waals surface area contributed by atoms with Crippen LogP contribution in [-0.2, 0) is 0 Å². The average molecular weight is 419 g/mol. The first-order valence-corrected chi connectivity index (χ1v) is 8.69. The molecule has 0 saturated heterocycles. The fraction of sp³-hybridized carbons (Fsp3) is 0.200. The zero-order valence-electron chi connectivity index (χ0n) is 10.9. The highest BCUT2D eigenvalue weighted by atomic mass is 79.9. The van der Waals surface area contributed by atoms with Crippen molar-refractivity contribution in [2.45, 2.75) is 10.9 Å². The van der Waals surface area contributed by atoms with Crippen LogP contribution in [0.25, 0.3) is 0 Å². The van der Waals surface area contributed by atoms with Gasteiger partial charge in [0.05, 0.1) is 4.47 Å². The van der Waals surface area contributed by atoms with Crippen LogP contribution < -0.4 is 5.32 Å². The first kappa shape index (κ1) is 16.0. The third-order valence-electron chi connectivity index (χ3n) is 2.95. The summed E-state index contributed by atoms with van der Waals surface area (Å²) < 4.78 is 15.7. The molecule has 0 saturated carbocycles. The summed E-state index contributed by atoms with van der Waals surface area (Å²) in [6.45, 7) is 0. The van der Waals surface area contributed by atoms with Gasteiger partial charge in [-0.1, -0.05) is 24.3 Å². The standard InChI is InChI=1S/C15H14Br2FNS/c1-19-13(10-5-4-7-12(17)15(10)18)9-20-14-8-3-2-6-11(14)16/h2-8,13,19H,9H2,1H3. The van der Waals surface area contributed by atoms with Crippen molar-refractivity contribution in [2.75, 3.05) is 12.8 Å². The van der Waals surface area contributed by atoms with E-state index in [1.165, 1.54) is 0 Å². The van der Waals surface area contributed by atoms with Gasteiger partial charge in [-0.3, -0.25) is 0 Å². The summed E-state index contributed by atoms with van der Waals surface area (Å²) >= 11 is 8.46. The summed E-state index contributed by atoms with van der Waals surface area (Å²) in [6.07, 6.45) is 0. The lowest BCUT2D eigenvalue weighted by Gasteiger charge is -2.18. The predicted molar refractivity (Wildman–Crippen MR) is 90.8 cm³/mol. The monoisotopic (exact) mass is 417 g/mol. The lowest BCUT2D eigenvalue weighted by atomic mass is 10.1. The summed E-state index contributed by atoms with van der Waals surface area (Å²) in [7, 11) is 1.85. The van der Waals surface area contributed by atoms with Gasteiger partial charge in [0, 0.05) is 26.7 Å². The quantitative estimate of drug-likeness (QED) is 0.652. The molecule has 1 unspecified atom stereocenters. The van der Waals surface area contributed by atoms with Crippen molar-refractivity contribution >= 4 is 43.6 Å². The summed E-state index contributed by atoms with van der Waals surface area (Å²) in [5.41, 5.74) is 0.682. The van der Waals surface area contributed by atoms with Crippen LogP contribution in [0.3, 0.4) is 0 Å². The Hall–Kier alpha value is -0.360. The minimum Gasteiger partial charge on any atom is -0.312 e. The van der Waals surface area contributed by atoms with Crippen LogP contribution in [0.5, 0.6) is 0 Å². The maximum atomic E-state index is 14.1. The molecule has 0 aliphatic carbocycles. The molecule has 0 amide bonds.